The maximum absolute atomic E-state index is 12.6. The Kier molecular flexibility index (Phi) is 4.89. The molecule has 0 saturated carbocycles. The lowest BCUT2D eigenvalue weighted by Crippen LogP contribution is -2.54. The van der Waals surface area contributed by atoms with Gasteiger partial charge in [0.15, 0.2) is 0 Å². The van der Waals surface area contributed by atoms with Gasteiger partial charge in [0.25, 0.3) is 0 Å². The largest absolute Gasteiger partial charge is 0.386 e. The molecular formula is C14H27NO3S2Si. The number of rotatable bonds is 4. The van der Waals surface area contributed by atoms with E-state index in [9.17, 15) is 13.5 Å². The van der Waals surface area contributed by atoms with E-state index in [1.807, 2.05) is 20.0 Å². The Balaban J connectivity index is 3.23. The number of aryl methyl sites for hydroxylation is 1. The molecule has 2 N–H and O–H groups in total. The summed E-state index contributed by atoms with van der Waals surface area (Å²) in [6, 6.07) is 1.59. The molecule has 4 nitrogen and oxygen atoms in total. The summed E-state index contributed by atoms with van der Waals surface area (Å²) in [6.45, 7) is 15.4. The second kappa shape index (κ2) is 5.45. The molecule has 1 heterocycles. The third kappa shape index (κ3) is 4.16. The van der Waals surface area contributed by atoms with Crippen molar-refractivity contribution in [3.63, 3.8) is 0 Å². The molecule has 0 unspecified atom stereocenters. The second-order valence-electron chi connectivity index (χ2n) is 7.57. The predicted molar refractivity (Wildman–Crippen MR) is 91.8 cm³/mol. The van der Waals surface area contributed by atoms with Gasteiger partial charge in [0.05, 0.1) is 5.60 Å². The Hall–Kier alpha value is -0.213. The molecule has 1 aromatic heterocycles. The monoisotopic (exact) mass is 349 g/mol. The van der Waals surface area contributed by atoms with Crippen LogP contribution in [0, 0.1) is 6.92 Å². The quantitative estimate of drug-likeness (QED) is 0.817. The molecule has 1 rings (SSSR count). The van der Waals surface area contributed by atoms with Crippen LogP contribution in [0.2, 0.25) is 18.1 Å². The number of thiophene rings is 1. The van der Waals surface area contributed by atoms with E-state index < -0.39 is 23.9 Å². The lowest BCUT2D eigenvalue weighted by molar-refractivity contribution is 0.0783. The Labute approximate surface area is 133 Å². The molecule has 21 heavy (non-hydrogen) atoms. The van der Waals surface area contributed by atoms with Crippen molar-refractivity contribution in [1.29, 1.82) is 0 Å². The van der Waals surface area contributed by atoms with Crippen molar-refractivity contribution in [2.75, 3.05) is 0 Å². The maximum Gasteiger partial charge on any atom is 0.244 e. The van der Waals surface area contributed by atoms with Crippen molar-refractivity contribution in [1.82, 2.24) is 4.39 Å². The Morgan fingerprint density at radius 2 is 1.67 bits per heavy atom. The van der Waals surface area contributed by atoms with Crippen molar-refractivity contribution in [2.24, 2.45) is 0 Å². The zero-order valence-corrected chi connectivity index (χ0v) is 16.8. The van der Waals surface area contributed by atoms with Gasteiger partial charge in [-0.2, -0.15) is 0 Å². The molecule has 0 amide bonds. The second-order valence-corrected chi connectivity index (χ2v) is 16.1. The number of nitrogens with one attached hydrogen (secondary N) is 1. The molecule has 0 aliphatic carbocycles. The summed E-state index contributed by atoms with van der Waals surface area (Å²) < 4.78 is 28.5. The first-order valence-electron chi connectivity index (χ1n) is 6.95. The van der Waals surface area contributed by atoms with Gasteiger partial charge < -0.3 is 5.11 Å². The molecule has 1 aromatic rings. The molecular weight excluding hydrogens is 322 g/mol. The van der Waals surface area contributed by atoms with Gasteiger partial charge in [0.2, 0.25) is 10.0 Å². The van der Waals surface area contributed by atoms with Crippen LogP contribution in [0.5, 0.6) is 0 Å². The van der Waals surface area contributed by atoms with E-state index in [1.165, 1.54) is 11.3 Å². The van der Waals surface area contributed by atoms with E-state index in [1.54, 1.807) is 19.9 Å². The topological polar surface area (TPSA) is 66.4 Å². The van der Waals surface area contributed by atoms with Crippen LogP contribution >= 0.6 is 11.3 Å². The van der Waals surface area contributed by atoms with Gasteiger partial charge >= 0.3 is 0 Å². The van der Waals surface area contributed by atoms with Gasteiger partial charge in [-0.1, -0.05) is 33.9 Å². The van der Waals surface area contributed by atoms with Gasteiger partial charge in [-0.3, -0.25) is 0 Å². The molecule has 0 aliphatic rings. The van der Waals surface area contributed by atoms with Crippen LogP contribution in [0.4, 0.5) is 0 Å². The first kappa shape index (κ1) is 18.8. The fraction of sp³-hybridized carbons (Fsp3) is 0.714. The first-order valence-corrected chi connectivity index (χ1v) is 12.3. The highest BCUT2D eigenvalue weighted by Crippen LogP contribution is 2.37. The van der Waals surface area contributed by atoms with Crippen LogP contribution in [0.1, 0.15) is 45.1 Å². The molecule has 0 atom stereocenters. The third-order valence-electron chi connectivity index (χ3n) is 4.08. The van der Waals surface area contributed by atoms with Crippen LogP contribution in [0.25, 0.3) is 0 Å². The number of sulfonamides is 1. The molecule has 0 radical (unpaired) electrons. The van der Waals surface area contributed by atoms with Crippen LogP contribution in [0.3, 0.4) is 0 Å². The van der Waals surface area contributed by atoms with E-state index >= 15 is 0 Å². The summed E-state index contributed by atoms with van der Waals surface area (Å²) in [5.74, 6) is 0. The Morgan fingerprint density at radius 1 is 1.19 bits per heavy atom. The minimum atomic E-state index is -3.54. The lowest BCUT2D eigenvalue weighted by atomic mass is 10.00. The zero-order chi connectivity index (χ0) is 16.9. The van der Waals surface area contributed by atoms with Crippen molar-refractivity contribution in [3.05, 3.63) is 16.5 Å². The predicted octanol–water partition coefficient (Wildman–Crippen LogP) is 3.57. The summed E-state index contributed by atoms with van der Waals surface area (Å²) in [7, 11) is -5.71. The van der Waals surface area contributed by atoms with Crippen molar-refractivity contribution in [2.45, 2.75) is 69.5 Å². The summed E-state index contributed by atoms with van der Waals surface area (Å²) in [6.07, 6.45) is 0. The number of hydrogen-bond acceptors (Lipinski definition) is 4. The van der Waals surface area contributed by atoms with E-state index in [-0.39, 0.29) is 9.25 Å². The highest BCUT2D eigenvalue weighted by molar-refractivity contribution is 7.93. The Morgan fingerprint density at radius 3 is 2.00 bits per heavy atom. The number of aliphatic hydroxyl groups is 1. The molecule has 0 aromatic carbocycles. The smallest absolute Gasteiger partial charge is 0.244 e. The molecule has 7 heteroatoms. The molecule has 0 spiro atoms. The zero-order valence-electron chi connectivity index (χ0n) is 14.2. The standard InChI is InChI=1S/C14H27NO3S2Si/c1-10-11(14(5,6)16)9-12(19-10)20(17,18)15-21(7,8)13(2,3)4/h9,15-16H,1-8H3. The SMILES string of the molecule is Cc1sc(S(=O)(=O)N[Si](C)(C)C(C)(C)C)cc1C(C)(C)O. The van der Waals surface area contributed by atoms with E-state index in [0.717, 1.165) is 4.88 Å². The average Bonchev–Trinajstić information content (AvgIpc) is 2.56. The summed E-state index contributed by atoms with van der Waals surface area (Å²) in [4.78, 5) is 0.832. The van der Waals surface area contributed by atoms with Crippen LogP contribution in [0.15, 0.2) is 10.3 Å². The van der Waals surface area contributed by atoms with Gasteiger partial charge in [0, 0.05) is 4.88 Å². The first-order chi connectivity index (χ1) is 9.08. The van der Waals surface area contributed by atoms with Crippen LogP contribution in [-0.2, 0) is 15.6 Å². The summed E-state index contributed by atoms with van der Waals surface area (Å²) >= 11 is 1.21. The number of hydrogen-bond donors (Lipinski definition) is 2. The molecule has 0 aliphatic heterocycles. The maximum atomic E-state index is 12.6. The molecule has 0 bridgehead atoms. The van der Waals surface area contributed by atoms with Crippen molar-refractivity contribution in [3.8, 4) is 0 Å². The van der Waals surface area contributed by atoms with Gasteiger partial charge in [-0.05, 0) is 37.4 Å². The summed E-state index contributed by atoms with van der Waals surface area (Å²) in [5.41, 5.74) is -0.367. The summed E-state index contributed by atoms with van der Waals surface area (Å²) in [5, 5.41) is 10.0. The van der Waals surface area contributed by atoms with Crippen molar-refractivity contribution >= 4 is 29.6 Å². The fourth-order valence-corrected chi connectivity index (χ4v) is 8.41. The normalized spacial score (nSPS) is 14.5. The molecule has 0 fully saturated rings. The van der Waals surface area contributed by atoms with E-state index in [2.05, 4.69) is 25.2 Å². The molecule has 122 valence electrons. The third-order valence-corrected chi connectivity index (χ3v) is 13.4. The minimum Gasteiger partial charge on any atom is -0.386 e. The highest BCUT2D eigenvalue weighted by atomic mass is 32.2. The molecule has 0 saturated heterocycles. The minimum absolute atomic E-state index is 0.0779. The van der Waals surface area contributed by atoms with Gasteiger partial charge in [-0.25, -0.2) is 12.8 Å². The van der Waals surface area contributed by atoms with Gasteiger partial charge in [-0.15, -0.1) is 11.3 Å². The highest BCUT2D eigenvalue weighted by Gasteiger charge is 2.40. The fourth-order valence-electron chi connectivity index (χ4n) is 1.73. The average molecular weight is 350 g/mol. The van der Waals surface area contributed by atoms with E-state index in [0.29, 0.717) is 5.56 Å². The van der Waals surface area contributed by atoms with Crippen LogP contribution in [-0.4, -0.2) is 21.8 Å². The van der Waals surface area contributed by atoms with E-state index in [4.69, 9.17) is 0 Å². The lowest BCUT2D eigenvalue weighted by Gasteiger charge is -2.36. The van der Waals surface area contributed by atoms with Gasteiger partial charge in [0.1, 0.15) is 12.4 Å². The Bertz CT molecular complexity index is 620. The van der Waals surface area contributed by atoms with Crippen LogP contribution < -0.4 is 4.39 Å². The van der Waals surface area contributed by atoms with Crippen molar-refractivity contribution < 1.29 is 13.5 Å².